The maximum Gasteiger partial charge on any atom is 0.338 e. The first-order valence-electron chi connectivity index (χ1n) is 9.54. The monoisotopic (exact) mass is 414 g/mol. The number of hydrogen-bond acceptors (Lipinski definition) is 7. The molecule has 0 unspecified atom stereocenters. The van der Waals surface area contributed by atoms with E-state index in [2.05, 4.69) is 0 Å². The van der Waals surface area contributed by atoms with E-state index in [1.165, 1.54) is 24.1 Å². The largest absolute Gasteiger partial charge is 0.493 e. The van der Waals surface area contributed by atoms with Gasteiger partial charge in [-0.3, -0.25) is 4.79 Å². The van der Waals surface area contributed by atoms with Crippen LogP contribution in [0.3, 0.4) is 0 Å². The van der Waals surface area contributed by atoms with Crippen LogP contribution in [0, 0.1) is 0 Å². The van der Waals surface area contributed by atoms with E-state index in [9.17, 15) is 9.59 Å². The fraction of sp³-hybridized carbons (Fsp3) is 0.364. The lowest BCUT2D eigenvalue weighted by Crippen LogP contribution is -2.30. The number of fused-ring (bicyclic) bond motifs is 1. The van der Waals surface area contributed by atoms with Crippen LogP contribution >= 0.6 is 0 Å². The fourth-order valence-electron chi connectivity index (χ4n) is 2.97. The molecular weight excluding hydrogens is 388 g/mol. The number of amides is 1. The number of methoxy groups -OCH3 is 1. The van der Waals surface area contributed by atoms with E-state index in [-0.39, 0.29) is 18.1 Å². The average Bonchev–Trinajstić information content (AvgIpc) is 2.76. The van der Waals surface area contributed by atoms with Crippen molar-refractivity contribution >= 4 is 17.6 Å². The molecule has 0 N–H and O–H groups in total. The molecule has 0 saturated heterocycles. The third-order valence-electron chi connectivity index (χ3n) is 4.69. The number of benzene rings is 2. The Kier molecular flexibility index (Phi) is 6.66. The number of esters is 1. The molecule has 8 heteroatoms. The molecule has 8 nitrogen and oxygen atoms in total. The van der Waals surface area contributed by atoms with Crippen molar-refractivity contribution in [3.05, 3.63) is 47.5 Å². The second kappa shape index (κ2) is 9.39. The minimum atomic E-state index is -0.637. The summed E-state index contributed by atoms with van der Waals surface area (Å²) >= 11 is 0. The Morgan fingerprint density at radius 1 is 1.03 bits per heavy atom. The van der Waals surface area contributed by atoms with Gasteiger partial charge in [0.1, 0.15) is 13.2 Å². The Bertz CT molecular complexity index is 893. The Hall–Kier alpha value is -3.42. The quantitative estimate of drug-likeness (QED) is 0.644. The van der Waals surface area contributed by atoms with Gasteiger partial charge in [0.15, 0.2) is 18.1 Å². The van der Waals surface area contributed by atoms with Crippen molar-refractivity contribution in [1.82, 2.24) is 4.90 Å². The van der Waals surface area contributed by atoms with Crippen LogP contribution in [0.2, 0.25) is 0 Å². The summed E-state index contributed by atoms with van der Waals surface area (Å²) in [6.07, 6.45) is 0. The lowest BCUT2D eigenvalue weighted by atomic mass is 10.1. The van der Waals surface area contributed by atoms with E-state index in [0.29, 0.717) is 37.0 Å². The topological polar surface area (TPSA) is 77.5 Å². The summed E-state index contributed by atoms with van der Waals surface area (Å²) in [5.74, 6) is 0.309. The summed E-state index contributed by atoms with van der Waals surface area (Å²) in [5.41, 5.74) is 2.29. The van der Waals surface area contributed by atoms with E-state index in [4.69, 9.17) is 18.9 Å². The number of carbonyl (C=O) groups is 2. The first-order valence-corrected chi connectivity index (χ1v) is 9.54. The zero-order valence-electron chi connectivity index (χ0n) is 17.6. The molecule has 0 atom stereocenters. The molecule has 2 aromatic rings. The van der Waals surface area contributed by atoms with Crippen molar-refractivity contribution in [2.24, 2.45) is 0 Å². The van der Waals surface area contributed by atoms with Crippen LogP contribution in [-0.4, -0.2) is 64.8 Å². The zero-order valence-corrected chi connectivity index (χ0v) is 17.6. The molecule has 30 heavy (non-hydrogen) atoms. The number of anilines is 1. The van der Waals surface area contributed by atoms with Gasteiger partial charge in [0.05, 0.1) is 12.7 Å². The molecule has 0 aromatic heterocycles. The molecule has 1 amide bonds. The zero-order chi connectivity index (χ0) is 21.7. The molecule has 0 spiro atoms. The van der Waals surface area contributed by atoms with Crippen molar-refractivity contribution in [3.63, 3.8) is 0 Å². The van der Waals surface area contributed by atoms with Crippen LogP contribution in [0.4, 0.5) is 5.69 Å². The van der Waals surface area contributed by atoms with Gasteiger partial charge in [0.25, 0.3) is 5.91 Å². The van der Waals surface area contributed by atoms with E-state index >= 15 is 0 Å². The molecule has 0 radical (unpaired) electrons. The highest BCUT2D eigenvalue weighted by Crippen LogP contribution is 2.40. The van der Waals surface area contributed by atoms with Crippen molar-refractivity contribution in [3.8, 4) is 17.2 Å². The molecular formula is C22H26N2O6. The van der Waals surface area contributed by atoms with Gasteiger partial charge in [-0.05, 0) is 29.8 Å². The first-order chi connectivity index (χ1) is 14.4. The highest BCUT2D eigenvalue weighted by Gasteiger charge is 2.22. The Balaban J connectivity index is 1.58. The number of carbonyl (C=O) groups excluding carboxylic acids is 2. The summed E-state index contributed by atoms with van der Waals surface area (Å²) in [5, 5.41) is 0. The number of hydrogen-bond donors (Lipinski definition) is 0. The smallest absolute Gasteiger partial charge is 0.338 e. The Morgan fingerprint density at radius 2 is 1.73 bits per heavy atom. The summed E-state index contributed by atoms with van der Waals surface area (Å²) in [4.78, 5) is 28.3. The highest BCUT2D eigenvalue weighted by molar-refractivity contribution is 5.92. The molecule has 1 aliphatic heterocycles. The van der Waals surface area contributed by atoms with Gasteiger partial charge in [-0.25, -0.2) is 4.79 Å². The second-order valence-electron chi connectivity index (χ2n) is 7.09. The highest BCUT2D eigenvalue weighted by atomic mass is 16.6. The Labute approximate surface area is 175 Å². The maximum atomic E-state index is 12.4. The maximum absolute atomic E-state index is 12.4. The molecule has 1 heterocycles. The van der Waals surface area contributed by atoms with Crippen LogP contribution in [0.1, 0.15) is 15.9 Å². The second-order valence-corrected chi connectivity index (χ2v) is 7.09. The lowest BCUT2D eigenvalue weighted by Gasteiger charge is -2.21. The number of nitrogens with zero attached hydrogens (tertiary/aromatic N) is 2. The van der Waals surface area contributed by atoms with Crippen LogP contribution in [0.25, 0.3) is 0 Å². The summed E-state index contributed by atoms with van der Waals surface area (Å²) in [7, 11) is 7.09. The lowest BCUT2D eigenvalue weighted by molar-refractivity contribution is -0.133. The van der Waals surface area contributed by atoms with Crippen molar-refractivity contribution < 1.29 is 28.5 Å². The third kappa shape index (κ3) is 4.94. The van der Waals surface area contributed by atoms with Crippen LogP contribution in [0.5, 0.6) is 17.2 Å². The number of rotatable bonds is 7. The van der Waals surface area contributed by atoms with Gasteiger partial charge in [-0.1, -0.05) is 12.1 Å². The fourth-order valence-corrected chi connectivity index (χ4v) is 2.97. The minimum Gasteiger partial charge on any atom is -0.493 e. The van der Waals surface area contributed by atoms with Gasteiger partial charge in [-0.15, -0.1) is 0 Å². The summed E-state index contributed by atoms with van der Waals surface area (Å²) in [6.45, 7) is 0.850. The molecule has 2 aromatic carbocycles. The Morgan fingerprint density at radius 3 is 2.40 bits per heavy atom. The van der Waals surface area contributed by atoms with Crippen molar-refractivity contribution in [2.45, 2.75) is 6.54 Å². The van der Waals surface area contributed by atoms with E-state index in [0.717, 1.165) is 11.3 Å². The molecule has 0 aliphatic carbocycles. The normalized spacial score (nSPS) is 12.1. The van der Waals surface area contributed by atoms with Gasteiger partial charge >= 0.3 is 5.97 Å². The minimum absolute atomic E-state index is 0.228. The van der Waals surface area contributed by atoms with E-state index in [1.807, 2.05) is 43.3 Å². The van der Waals surface area contributed by atoms with Crippen LogP contribution in [-0.2, 0) is 16.1 Å². The molecule has 0 bridgehead atoms. The van der Waals surface area contributed by atoms with E-state index < -0.39 is 5.97 Å². The van der Waals surface area contributed by atoms with Crippen LogP contribution < -0.4 is 19.1 Å². The SMILES string of the molecule is COc1cc(C(=O)OCC(=O)N(C)Cc2ccc(N(C)C)cc2)cc2c1OCCO2. The first kappa shape index (κ1) is 21.3. The molecule has 0 fully saturated rings. The van der Waals surface area contributed by atoms with Gasteiger partial charge in [0, 0.05) is 33.4 Å². The predicted octanol–water partition coefficient (Wildman–Crippen LogP) is 2.35. The third-order valence-corrected chi connectivity index (χ3v) is 4.69. The summed E-state index contributed by atoms with van der Waals surface area (Å²) < 4.78 is 21.5. The molecule has 1 aliphatic rings. The molecule has 3 rings (SSSR count). The van der Waals surface area contributed by atoms with Crippen molar-refractivity contribution in [2.75, 3.05) is 53.0 Å². The van der Waals surface area contributed by atoms with Gasteiger partial charge in [0.2, 0.25) is 5.75 Å². The van der Waals surface area contributed by atoms with Crippen LogP contribution in [0.15, 0.2) is 36.4 Å². The standard InChI is InChI=1S/C22H26N2O6/c1-23(2)17-7-5-15(6-8-17)13-24(3)20(25)14-30-22(26)16-11-18(27-4)21-19(12-16)28-9-10-29-21/h5-8,11-12H,9-10,13-14H2,1-4H3. The van der Waals surface area contributed by atoms with Crippen molar-refractivity contribution in [1.29, 1.82) is 0 Å². The molecule has 160 valence electrons. The molecule has 0 saturated carbocycles. The van der Waals surface area contributed by atoms with Gasteiger partial charge < -0.3 is 28.7 Å². The summed E-state index contributed by atoms with van der Waals surface area (Å²) in [6, 6.07) is 10.9. The van der Waals surface area contributed by atoms with E-state index in [1.54, 1.807) is 7.05 Å². The predicted molar refractivity (Wildman–Crippen MR) is 112 cm³/mol. The number of likely N-dealkylation sites (N-methyl/N-ethyl adjacent to an activating group) is 1. The van der Waals surface area contributed by atoms with Gasteiger partial charge in [-0.2, -0.15) is 0 Å². The number of ether oxygens (including phenoxy) is 4. The average molecular weight is 414 g/mol.